The van der Waals surface area contributed by atoms with Gasteiger partial charge in [-0.3, -0.25) is 4.79 Å². The highest BCUT2D eigenvalue weighted by atomic mass is 16.4. The first-order valence-electron chi connectivity index (χ1n) is 6.88. The average Bonchev–Trinajstić information content (AvgIpc) is 2.35. The SMILES string of the molecule is CCC1CCC(NC(=O)NCCCC(=O)O)CC1. The van der Waals surface area contributed by atoms with Gasteiger partial charge in [0.25, 0.3) is 0 Å². The number of hydrogen-bond donors (Lipinski definition) is 3. The van der Waals surface area contributed by atoms with Gasteiger partial charge in [-0.1, -0.05) is 13.3 Å². The van der Waals surface area contributed by atoms with E-state index in [9.17, 15) is 9.59 Å². The fourth-order valence-corrected chi connectivity index (χ4v) is 2.39. The predicted octanol–water partition coefficient (Wildman–Crippen LogP) is 2.12. The van der Waals surface area contributed by atoms with Gasteiger partial charge in [-0.15, -0.1) is 0 Å². The fraction of sp³-hybridized carbons (Fsp3) is 0.846. The molecule has 18 heavy (non-hydrogen) atoms. The number of rotatable bonds is 6. The minimum Gasteiger partial charge on any atom is -0.481 e. The number of amides is 2. The number of hydrogen-bond acceptors (Lipinski definition) is 2. The van der Waals surface area contributed by atoms with Gasteiger partial charge in [0, 0.05) is 19.0 Å². The molecule has 0 unspecified atom stereocenters. The third kappa shape index (κ3) is 5.89. The molecule has 0 aromatic heterocycles. The largest absolute Gasteiger partial charge is 0.481 e. The van der Waals surface area contributed by atoms with Crippen molar-refractivity contribution in [2.75, 3.05) is 6.54 Å². The molecule has 1 rings (SSSR count). The lowest BCUT2D eigenvalue weighted by Gasteiger charge is -2.28. The molecule has 5 nitrogen and oxygen atoms in total. The second kappa shape index (κ2) is 7.95. The first kappa shape index (κ1) is 14.8. The van der Waals surface area contributed by atoms with Crippen LogP contribution in [0, 0.1) is 5.92 Å². The maximum absolute atomic E-state index is 11.5. The van der Waals surface area contributed by atoms with Crippen LogP contribution in [-0.2, 0) is 4.79 Å². The van der Waals surface area contributed by atoms with Crippen molar-refractivity contribution < 1.29 is 14.7 Å². The summed E-state index contributed by atoms with van der Waals surface area (Å²) in [7, 11) is 0. The van der Waals surface area contributed by atoms with Gasteiger partial charge in [0.1, 0.15) is 0 Å². The Morgan fingerprint density at radius 1 is 1.22 bits per heavy atom. The van der Waals surface area contributed by atoms with Crippen molar-refractivity contribution in [1.82, 2.24) is 10.6 Å². The lowest BCUT2D eigenvalue weighted by atomic mass is 9.85. The van der Waals surface area contributed by atoms with E-state index in [-0.39, 0.29) is 18.5 Å². The van der Waals surface area contributed by atoms with E-state index in [0.29, 0.717) is 13.0 Å². The smallest absolute Gasteiger partial charge is 0.315 e. The van der Waals surface area contributed by atoms with E-state index in [0.717, 1.165) is 18.8 Å². The van der Waals surface area contributed by atoms with Crippen LogP contribution in [0.4, 0.5) is 4.79 Å². The summed E-state index contributed by atoms with van der Waals surface area (Å²) in [5.74, 6) is -0.00299. The number of carboxylic acid groups (broad SMARTS) is 1. The van der Waals surface area contributed by atoms with Crippen molar-refractivity contribution in [3.05, 3.63) is 0 Å². The highest BCUT2D eigenvalue weighted by Gasteiger charge is 2.20. The van der Waals surface area contributed by atoms with E-state index in [1.54, 1.807) is 0 Å². The van der Waals surface area contributed by atoms with Crippen LogP contribution in [0.25, 0.3) is 0 Å². The topological polar surface area (TPSA) is 78.4 Å². The molecule has 0 spiro atoms. The van der Waals surface area contributed by atoms with E-state index in [2.05, 4.69) is 17.6 Å². The molecule has 0 aromatic carbocycles. The van der Waals surface area contributed by atoms with Gasteiger partial charge < -0.3 is 15.7 Å². The maximum atomic E-state index is 11.5. The standard InChI is InChI=1S/C13H24N2O3/c1-2-10-5-7-11(8-6-10)15-13(18)14-9-3-4-12(16)17/h10-11H,2-9H2,1H3,(H,16,17)(H2,14,15,18). The number of urea groups is 1. The Morgan fingerprint density at radius 2 is 1.89 bits per heavy atom. The van der Waals surface area contributed by atoms with E-state index in [1.807, 2.05) is 0 Å². The first-order chi connectivity index (χ1) is 8.61. The molecular formula is C13H24N2O3. The Bertz CT molecular complexity index is 273. The van der Waals surface area contributed by atoms with Crippen molar-refractivity contribution in [1.29, 1.82) is 0 Å². The number of carbonyl (C=O) groups is 2. The summed E-state index contributed by atoms with van der Waals surface area (Å²) in [6, 6.07) is 0.118. The molecule has 0 heterocycles. The van der Waals surface area contributed by atoms with Crippen LogP contribution in [0.3, 0.4) is 0 Å². The normalized spacial score (nSPS) is 23.4. The molecule has 1 aliphatic rings. The molecule has 104 valence electrons. The zero-order valence-electron chi connectivity index (χ0n) is 11.1. The number of carbonyl (C=O) groups excluding carboxylic acids is 1. The summed E-state index contributed by atoms with van der Waals surface area (Å²) < 4.78 is 0. The summed E-state index contributed by atoms with van der Waals surface area (Å²) in [5, 5.41) is 14.1. The Kier molecular flexibility index (Phi) is 6.54. The van der Waals surface area contributed by atoms with Gasteiger partial charge >= 0.3 is 12.0 Å². The Hall–Kier alpha value is -1.26. The van der Waals surface area contributed by atoms with Gasteiger partial charge in [-0.05, 0) is 38.0 Å². The zero-order chi connectivity index (χ0) is 13.4. The van der Waals surface area contributed by atoms with Crippen LogP contribution in [0.15, 0.2) is 0 Å². The minimum atomic E-state index is -0.824. The summed E-state index contributed by atoms with van der Waals surface area (Å²) in [5.41, 5.74) is 0. The molecule has 3 N–H and O–H groups in total. The monoisotopic (exact) mass is 256 g/mol. The van der Waals surface area contributed by atoms with Crippen molar-refractivity contribution >= 4 is 12.0 Å². The van der Waals surface area contributed by atoms with Crippen LogP contribution in [0.1, 0.15) is 51.9 Å². The highest BCUT2D eigenvalue weighted by Crippen LogP contribution is 2.26. The fourth-order valence-electron chi connectivity index (χ4n) is 2.39. The Morgan fingerprint density at radius 3 is 2.44 bits per heavy atom. The number of carboxylic acids is 1. The molecule has 0 saturated heterocycles. The summed E-state index contributed by atoms with van der Waals surface area (Å²) >= 11 is 0. The average molecular weight is 256 g/mol. The van der Waals surface area contributed by atoms with Crippen LogP contribution in [0.2, 0.25) is 0 Å². The Labute approximate surface area is 108 Å². The molecular weight excluding hydrogens is 232 g/mol. The molecule has 0 aromatic rings. The van der Waals surface area contributed by atoms with E-state index >= 15 is 0 Å². The second-order valence-electron chi connectivity index (χ2n) is 5.02. The predicted molar refractivity (Wildman–Crippen MR) is 69.4 cm³/mol. The van der Waals surface area contributed by atoms with Crippen molar-refractivity contribution in [2.24, 2.45) is 5.92 Å². The van der Waals surface area contributed by atoms with Crippen LogP contribution in [-0.4, -0.2) is 29.7 Å². The van der Waals surface area contributed by atoms with Crippen molar-refractivity contribution in [3.8, 4) is 0 Å². The zero-order valence-corrected chi connectivity index (χ0v) is 11.1. The number of aliphatic carboxylic acids is 1. The van der Waals surface area contributed by atoms with E-state index < -0.39 is 5.97 Å². The molecule has 1 aliphatic carbocycles. The molecule has 0 atom stereocenters. The van der Waals surface area contributed by atoms with E-state index in [4.69, 9.17) is 5.11 Å². The third-order valence-electron chi connectivity index (χ3n) is 3.61. The van der Waals surface area contributed by atoms with Gasteiger partial charge in [0.05, 0.1) is 0 Å². The molecule has 0 bridgehead atoms. The van der Waals surface area contributed by atoms with Gasteiger partial charge in [-0.25, -0.2) is 4.79 Å². The second-order valence-corrected chi connectivity index (χ2v) is 5.02. The minimum absolute atomic E-state index is 0.0991. The van der Waals surface area contributed by atoms with E-state index in [1.165, 1.54) is 19.3 Å². The molecule has 2 amide bonds. The van der Waals surface area contributed by atoms with Crippen LogP contribution < -0.4 is 10.6 Å². The third-order valence-corrected chi connectivity index (χ3v) is 3.61. The summed E-state index contributed by atoms with van der Waals surface area (Å²) in [6.45, 7) is 2.63. The van der Waals surface area contributed by atoms with Crippen LogP contribution in [0.5, 0.6) is 0 Å². The number of nitrogens with one attached hydrogen (secondary N) is 2. The first-order valence-corrected chi connectivity index (χ1v) is 6.88. The highest BCUT2D eigenvalue weighted by molar-refractivity contribution is 5.74. The molecule has 1 fully saturated rings. The summed E-state index contributed by atoms with van der Waals surface area (Å²) in [4.78, 5) is 21.8. The van der Waals surface area contributed by atoms with Crippen molar-refractivity contribution in [3.63, 3.8) is 0 Å². The summed E-state index contributed by atoms with van der Waals surface area (Å²) in [6.07, 6.45) is 6.31. The Balaban J connectivity index is 2.08. The van der Waals surface area contributed by atoms with Crippen LogP contribution >= 0.6 is 0 Å². The lowest BCUT2D eigenvalue weighted by Crippen LogP contribution is -2.43. The van der Waals surface area contributed by atoms with Crippen molar-refractivity contribution in [2.45, 2.75) is 57.9 Å². The quantitative estimate of drug-likeness (QED) is 0.637. The molecule has 1 saturated carbocycles. The molecule has 0 aliphatic heterocycles. The lowest BCUT2D eigenvalue weighted by molar-refractivity contribution is -0.137. The van der Waals surface area contributed by atoms with Gasteiger partial charge in [-0.2, -0.15) is 0 Å². The van der Waals surface area contributed by atoms with Gasteiger partial charge in [0.15, 0.2) is 0 Å². The van der Waals surface area contributed by atoms with Gasteiger partial charge in [0.2, 0.25) is 0 Å². The molecule has 0 radical (unpaired) electrons. The molecule has 5 heteroatoms. The maximum Gasteiger partial charge on any atom is 0.315 e.